The Kier molecular flexibility index (Phi) is 10.3. The molecule has 15 nitrogen and oxygen atoms in total. The molecule has 0 aromatic rings. The summed E-state index contributed by atoms with van der Waals surface area (Å²) in [6.07, 6.45) is -2.95. The molecular weight excluding hydrogens is 568 g/mol. The number of aliphatic carboxylic acids is 1. The number of aliphatic hydroxyl groups is 3. The average molecular weight is 613 g/mol. The number of hydroxylamine groups is 1. The van der Waals surface area contributed by atoms with E-state index >= 15 is 0 Å². The van der Waals surface area contributed by atoms with Crippen molar-refractivity contribution in [2.75, 3.05) is 26.7 Å². The molecule has 0 unspecified atom stereocenters. The normalized spacial score (nSPS) is 31.3. The summed E-state index contributed by atoms with van der Waals surface area (Å²) in [5.41, 5.74) is 0.962. The van der Waals surface area contributed by atoms with Crippen molar-refractivity contribution in [3.63, 3.8) is 0 Å². The number of carboxylic acid groups (broad SMARTS) is 1. The topological polar surface area (TPSA) is 206 Å². The van der Waals surface area contributed by atoms with Gasteiger partial charge in [-0.05, 0) is 45.4 Å². The first-order chi connectivity index (χ1) is 20.2. The van der Waals surface area contributed by atoms with E-state index < -0.39 is 78.4 Å². The summed E-state index contributed by atoms with van der Waals surface area (Å²) >= 11 is 0. The van der Waals surface area contributed by atoms with Crippen molar-refractivity contribution in [3.8, 4) is 0 Å². The van der Waals surface area contributed by atoms with Crippen LogP contribution in [-0.4, -0.2) is 128 Å². The maximum atomic E-state index is 14.0. The number of aliphatic hydroxyl groups excluding tert-OH is 3. The lowest BCUT2D eigenvalue weighted by Crippen LogP contribution is -2.61. The van der Waals surface area contributed by atoms with Crippen LogP contribution in [0.3, 0.4) is 0 Å². The monoisotopic (exact) mass is 612 g/mol. The predicted molar refractivity (Wildman–Crippen MR) is 146 cm³/mol. The lowest BCUT2D eigenvalue weighted by molar-refractivity contribution is -0.306. The number of likely N-dealkylation sites (N-methyl/N-ethyl adjacent to an activating group) is 1. The van der Waals surface area contributed by atoms with Crippen molar-refractivity contribution in [3.05, 3.63) is 0 Å². The van der Waals surface area contributed by atoms with Gasteiger partial charge in [0.05, 0.1) is 11.8 Å². The van der Waals surface area contributed by atoms with Gasteiger partial charge >= 0.3 is 12.0 Å². The molecule has 15 heteroatoms. The number of amides is 5. The van der Waals surface area contributed by atoms with Crippen LogP contribution in [0.2, 0.25) is 0 Å². The fourth-order valence-corrected chi connectivity index (χ4v) is 6.46. The number of urea groups is 1. The number of ether oxygens (including phenoxy) is 1. The van der Waals surface area contributed by atoms with E-state index in [1.54, 1.807) is 18.7 Å². The molecule has 242 valence electrons. The van der Waals surface area contributed by atoms with Gasteiger partial charge in [0.15, 0.2) is 6.10 Å². The fraction of sp³-hybridized carbons (Fsp3) is 0.821. The molecule has 0 bridgehead atoms. The largest absolute Gasteiger partial charge is 0.479 e. The van der Waals surface area contributed by atoms with Crippen molar-refractivity contribution in [2.45, 2.75) is 101 Å². The van der Waals surface area contributed by atoms with Gasteiger partial charge in [-0.1, -0.05) is 25.7 Å². The SMILES string of the molecule is CN1C(=O)N(C[C@H](C(=O)NO[C@@H]2O[C@H](C(=O)O)[C@@H](O)[C@H](O)[C@H]2O)[C@@H](CC2CCCC2)C(=O)N2CCCCC2)C(=O)C1(C)C. The van der Waals surface area contributed by atoms with Gasteiger partial charge in [0.2, 0.25) is 18.1 Å². The van der Waals surface area contributed by atoms with Crippen molar-refractivity contribution in [1.82, 2.24) is 20.2 Å². The first-order valence-electron chi connectivity index (χ1n) is 15.0. The average Bonchev–Trinajstić information content (AvgIpc) is 3.55. The first kappa shape index (κ1) is 33.1. The summed E-state index contributed by atoms with van der Waals surface area (Å²) in [4.78, 5) is 75.0. The molecule has 3 heterocycles. The van der Waals surface area contributed by atoms with Crippen molar-refractivity contribution in [1.29, 1.82) is 0 Å². The van der Waals surface area contributed by atoms with E-state index in [2.05, 4.69) is 5.48 Å². The minimum Gasteiger partial charge on any atom is -0.479 e. The number of imide groups is 1. The van der Waals surface area contributed by atoms with E-state index in [1.165, 1.54) is 11.9 Å². The van der Waals surface area contributed by atoms with E-state index in [1.807, 2.05) is 0 Å². The number of carboxylic acids is 1. The highest BCUT2D eigenvalue weighted by molar-refractivity contribution is 6.06. The fourth-order valence-electron chi connectivity index (χ4n) is 6.46. The molecule has 3 saturated heterocycles. The molecule has 4 aliphatic rings. The predicted octanol–water partition coefficient (Wildman–Crippen LogP) is -0.576. The van der Waals surface area contributed by atoms with E-state index in [0.29, 0.717) is 19.5 Å². The van der Waals surface area contributed by atoms with Gasteiger partial charge < -0.3 is 35.0 Å². The molecule has 3 aliphatic heterocycles. The van der Waals surface area contributed by atoms with Gasteiger partial charge in [-0.25, -0.2) is 19.9 Å². The highest BCUT2D eigenvalue weighted by atomic mass is 16.8. The van der Waals surface area contributed by atoms with Gasteiger partial charge in [-0.15, -0.1) is 0 Å². The number of nitrogens with zero attached hydrogens (tertiary/aromatic N) is 3. The number of rotatable bonds is 10. The Morgan fingerprint density at radius 1 is 0.977 bits per heavy atom. The van der Waals surface area contributed by atoms with Crippen LogP contribution in [0.1, 0.15) is 65.2 Å². The number of carbonyl (C=O) groups excluding carboxylic acids is 4. The van der Waals surface area contributed by atoms with Gasteiger partial charge in [0.25, 0.3) is 5.91 Å². The maximum Gasteiger partial charge on any atom is 0.335 e. The Bertz CT molecular complexity index is 1070. The summed E-state index contributed by atoms with van der Waals surface area (Å²) in [6.45, 7) is 3.81. The summed E-state index contributed by atoms with van der Waals surface area (Å²) in [7, 11) is 1.48. The molecule has 5 amide bonds. The zero-order chi connectivity index (χ0) is 31.6. The molecule has 0 radical (unpaired) electrons. The van der Waals surface area contributed by atoms with Crippen LogP contribution in [-0.2, 0) is 28.8 Å². The van der Waals surface area contributed by atoms with Crippen LogP contribution in [0.4, 0.5) is 4.79 Å². The second-order valence-corrected chi connectivity index (χ2v) is 12.6. The Balaban J connectivity index is 1.62. The Morgan fingerprint density at radius 2 is 1.60 bits per heavy atom. The Hall–Kier alpha value is -2.85. The van der Waals surface area contributed by atoms with Crippen LogP contribution in [0.5, 0.6) is 0 Å². The number of likely N-dealkylation sites (tertiary alicyclic amines) is 1. The summed E-state index contributed by atoms with van der Waals surface area (Å²) in [6, 6.07) is -0.619. The second-order valence-electron chi connectivity index (χ2n) is 12.6. The van der Waals surface area contributed by atoms with Crippen LogP contribution in [0.15, 0.2) is 0 Å². The molecule has 1 saturated carbocycles. The van der Waals surface area contributed by atoms with E-state index in [4.69, 9.17) is 9.57 Å². The van der Waals surface area contributed by atoms with Gasteiger partial charge in [-0.2, -0.15) is 0 Å². The van der Waals surface area contributed by atoms with Crippen LogP contribution in [0.25, 0.3) is 0 Å². The van der Waals surface area contributed by atoms with Crippen LogP contribution < -0.4 is 5.48 Å². The molecule has 0 aromatic carbocycles. The van der Waals surface area contributed by atoms with E-state index in [0.717, 1.165) is 49.8 Å². The lowest BCUT2D eigenvalue weighted by atomic mass is 9.81. The van der Waals surface area contributed by atoms with Gasteiger partial charge in [-0.3, -0.25) is 19.3 Å². The molecule has 0 aromatic heterocycles. The summed E-state index contributed by atoms with van der Waals surface area (Å²) in [5.74, 6) is -5.29. The molecule has 4 rings (SSSR count). The minimum absolute atomic E-state index is 0.163. The van der Waals surface area contributed by atoms with Gasteiger partial charge in [0.1, 0.15) is 23.9 Å². The van der Waals surface area contributed by atoms with Crippen LogP contribution in [0, 0.1) is 17.8 Å². The number of piperidine rings is 1. The highest BCUT2D eigenvalue weighted by Gasteiger charge is 2.52. The Morgan fingerprint density at radius 3 is 2.16 bits per heavy atom. The third kappa shape index (κ3) is 6.80. The van der Waals surface area contributed by atoms with Crippen molar-refractivity contribution in [2.24, 2.45) is 17.8 Å². The lowest BCUT2D eigenvalue weighted by Gasteiger charge is -2.38. The quantitative estimate of drug-likeness (QED) is 0.156. The molecule has 43 heavy (non-hydrogen) atoms. The summed E-state index contributed by atoms with van der Waals surface area (Å²) in [5, 5.41) is 39.7. The Labute approximate surface area is 250 Å². The van der Waals surface area contributed by atoms with Crippen molar-refractivity contribution < 1.29 is 54.0 Å². The van der Waals surface area contributed by atoms with Gasteiger partial charge in [0, 0.05) is 26.7 Å². The van der Waals surface area contributed by atoms with E-state index in [9.17, 15) is 44.4 Å². The number of hydrogen-bond donors (Lipinski definition) is 5. The minimum atomic E-state index is -1.96. The molecule has 4 fully saturated rings. The highest BCUT2D eigenvalue weighted by Crippen LogP contribution is 2.36. The number of hydrogen-bond acceptors (Lipinski definition) is 10. The molecule has 0 spiro atoms. The van der Waals surface area contributed by atoms with E-state index in [-0.39, 0.29) is 11.8 Å². The molecule has 7 atom stereocenters. The third-order valence-electron chi connectivity index (χ3n) is 9.46. The molecular formula is C28H44N4O11. The molecule has 5 N–H and O–H groups in total. The number of carbonyl (C=O) groups is 5. The molecule has 1 aliphatic carbocycles. The standard InChI is InChI=1S/C28H44N4O11/c1-28(2)26(40)32(27(41)30(28)3)14-17(16(13-15-9-5-6-10-15)23(37)31-11-7-4-8-12-31)22(36)29-43-25-20(35)18(33)19(34)21(42-25)24(38)39/h15-21,25,33-35H,4-14H2,1-3H3,(H,29,36)(H,38,39)/t16-,17+,18+,19+,20-,21+,25+/m1/s1. The summed E-state index contributed by atoms with van der Waals surface area (Å²) < 4.78 is 5.10. The van der Waals surface area contributed by atoms with Crippen LogP contribution >= 0.6 is 0 Å². The van der Waals surface area contributed by atoms with Crippen molar-refractivity contribution >= 4 is 29.7 Å². The first-order valence-corrected chi connectivity index (χ1v) is 15.0. The zero-order valence-corrected chi connectivity index (χ0v) is 24.9. The zero-order valence-electron chi connectivity index (χ0n) is 24.9. The second kappa shape index (κ2) is 13.4. The maximum absolute atomic E-state index is 14.0. The smallest absolute Gasteiger partial charge is 0.335 e. The third-order valence-corrected chi connectivity index (χ3v) is 9.46. The number of nitrogens with one attached hydrogen (secondary N) is 1.